The van der Waals surface area contributed by atoms with E-state index in [0.717, 1.165) is 0 Å². The highest BCUT2D eigenvalue weighted by molar-refractivity contribution is 6.42. The minimum Gasteiger partial charge on any atom is -0.618 e. The van der Waals surface area contributed by atoms with Gasteiger partial charge < -0.3 is 19.4 Å². The van der Waals surface area contributed by atoms with Crippen LogP contribution in [-0.4, -0.2) is 30.1 Å². The highest BCUT2D eigenvalue weighted by atomic mass is 35.5. The SMILES string of the molecule is CCOC(=O)c1c(COC(=O)COc2ccccc2)nc2cc(Cl)c(Cl)cc2[n+]1[O-]. The second-order valence-corrected chi connectivity index (χ2v) is 6.75. The Morgan fingerprint density at radius 2 is 1.80 bits per heavy atom. The van der Waals surface area contributed by atoms with Gasteiger partial charge in [-0.2, -0.15) is 4.73 Å². The van der Waals surface area contributed by atoms with Crippen molar-refractivity contribution in [2.75, 3.05) is 13.2 Å². The second-order valence-electron chi connectivity index (χ2n) is 5.94. The molecule has 0 aliphatic rings. The van der Waals surface area contributed by atoms with Gasteiger partial charge in [0.1, 0.15) is 17.9 Å². The van der Waals surface area contributed by atoms with Gasteiger partial charge in [-0.1, -0.05) is 41.4 Å². The summed E-state index contributed by atoms with van der Waals surface area (Å²) in [6, 6.07) is 11.4. The molecule has 0 unspecified atom stereocenters. The van der Waals surface area contributed by atoms with E-state index in [-0.39, 0.29) is 40.0 Å². The van der Waals surface area contributed by atoms with E-state index in [1.54, 1.807) is 31.2 Å². The minimum absolute atomic E-state index is 0.0231. The number of carbonyl (C=O) groups excluding carboxylic acids is 2. The van der Waals surface area contributed by atoms with Crippen molar-refractivity contribution >= 4 is 46.2 Å². The lowest BCUT2D eigenvalue weighted by molar-refractivity contribution is -0.581. The first-order valence-corrected chi connectivity index (χ1v) is 9.58. The van der Waals surface area contributed by atoms with Gasteiger partial charge in [-0.15, -0.1) is 0 Å². The number of para-hydroxylation sites is 1. The third-order valence-corrected chi connectivity index (χ3v) is 4.63. The summed E-state index contributed by atoms with van der Waals surface area (Å²) in [7, 11) is 0. The number of esters is 2. The monoisotopic (exact) mass is 450 g/mol. The van der Waals surface area contributed by atoms with Crippen molar-refractivity contribution in [2.24, 2.45) is 0 Å². The van der Waals surface area contributed by atoms with E-state index in [4.69, 9.17) is 37.4 Å². The van der Waals surface area contributed by atoms with Crippen molar-refractivity contribution in [3.8, 4) is 5.75 Å². The summed E-state index contributed by atoms with van der Waals surface area (Å²) in [5, 5.41) is 13.1. The fraction of sp³-hybridized carbons (Fsp3) is 0.200. The number of hydrogen-bond acceptors (Lipinski definition) is 7. The number of ether oxygens (including phenoxy) is 3. The van der Waals surface area contributed by atoms with Gasteiger partial charge in [0.05, 0.1) is 16.7 Å². The number of benzene rings is 2. The van der Waals surface area contributed by atoms with E-state index < -0.39 is 24.2 Å². The highest BCUT2D eigenvalue weighted by Crippen LogP contribution is 2.26. The predicted molar refractivity (Wildman–Crippen MR) is 108 cm³/mol. The van der Waals surface area contributed by atoms with Gasteiger partial charge in [-0.05, 0) is 25.1 Å². The Labute approximate surface area is 181 Å². The van der Waals surface area contributed by atoms with E-state index in [1.807, 2.05) is 6.07 Å². The van der Waals surface area contributed by atoms with Crippen LogP contribution < -0.4 is 9.47 Å². The first kappa shape index (κ1) is 21.6. The Hall–Kier alpha value is -3.10. The van der Waals surface area contributed by atoms with Crippen molar-refractivity contribution in [3.63, 3.8) is 0 Å². The van der Waals surface area contributed by atoms with Gasteiger partial charge in [0, 0.05) is 6.07 Å². The maximum atomic E-state index is 12.8. The maximum Gasteiger partial charge on any atom is 0.407 e. The average molecular weight is 451 g/mol. The lowest BCUT2D eigenvalue weighted by Gasteiger charge is -2.12. The van der Waals surface area contributed by atoms with Crippen LogP contribution in [0.4, 0.5) is 0 Å². The quantitative estimate of drug-likeness (QED) is 0.308. The standard InChI is InChI=1S/C20H16Cl2N2O6/c1-2-28-20(26)19-16(10-30-18(25)11-29-12-6-4-3-5-7-12)23-15-8-13(21)14(22)9-17(15)24(19)27/h3-9H,2,10-11H2,1H3. The molecular formula is C20H16Cl2N2O6. The zero-order chi connectivity index (χ0) is 21.7. The average Bonchev–Trinajstić information content (AvgIpc) is 2.73. The van der Waals surface area contributed by atoms with E-state index in [1.165, 1.54) is 12.1 Å². The summed E-state index contributed by atoms with van der Waals surface area (Å²) in [5.41, 5.74) is -0.282. The van der Waals surface area contributed by atoms with Crippen LogP contribution >= 0.6 is 23.2 Å². The summed E-state index contributed by atoms with van der Waals surface area (Å²) >= 11 is 12.0. The topological polar surface area (TPSA) is 102 Å². The van der Waals surface area contributed by atoms with Crippen molar-refractivity contribution < 1.29 is 28.5 Å². The van der Waals surface area contributed by atoms with E-state index in [2.05, 4.69) is 4.98 Å². The molecule has 0 aliphatic carbocycles. The fourth-order valence-electron chi connectivity index (χ4n) is 2.56. The van der Waals surface area contributed by atoms with Gasteiger partial charge in [0.15, 0.2) is 12.3 Å². The van der Waals surface area contributed by atoms with E-state index in [9.17, 15) is 14.8 Å². The molecule has 0 saturated carbocycles. The highest BCUT2D eigenvalue weighted by Gasteiger charge is 2.29. The first-order valence-electron chi connectivity index (χ1n) is 8.82. The predicted octanol–water partition coefficient (Wildman–Crippen LogP) is 3.47. The van der Waals surface area contributed by atoms with Crippen LogP contribution in [0.3, 0.4) is 0 Å². The summed E-state index contributed by atoms with van der Waals surface area (Å²) in [6.07, 6.45) is 0. The smallest absolute Gasteiger partial charge is 0.407 e. The van der Waals surface area contributed by atoms with Gasteiger partial charge in [-0.25, -0.2) is 14.6 Å². The Morgan fingerprint density at radius 3 is 2.50 bits per heavy atom. The molecule has 156 valence electrons. The summed E-state index contributed by atoms with van der Waals surface area (Å²) in [4.78, 5) is 28.6. The number of halogens is 2. The van der Waals surface area contributed by atoms with Crippen LogP contribution in [0.2, 0.25) is 10.0 Å². The molecule has 3 aromatic rings. The number of hydrogen-bond donors (Lipinski definition) is 0. The number of nitrogens with zero attached hydrogens (tertiary/aromatic N) is 2. The van der Waals surface area contributed by atoms with Crippen LogP contribution in [0.15, 0.2) is 42.5 Å². The Kier molecular flexibility index (Phi) is 6.91. The third kappa shape index (κ3) is 4.90. The van der Waals surface area contributed by atoms with Gasteiger partial charge in [0.25, 0.3) is 0 Å². The van der Waals surface area contributed by atoms with E-state index >= 15 is 0 Å². The normalized spacial score (nSPS) is 10.6. The number of fused-ring (bicyclic) bond motifs is 1. The van der Waals surface area contributed by atoms with Crippen LogP contribution in [0.1, 0.15) is 23.1 Å². The van der Waals surface area contributed by atoms with Gasteiger partial charge in [0.2, 0.25) is 5.52 Å². The second kappa shape index (κ2) is 9.60. The minimum atomic E-state index is -0.903. The molecule has 0 bridgehead atoms. The molecule has 0 fully saturated rings. The molecule has 10 heteroatoms. The zero-order valence-electron chi connectivity index (χ0n) is 15.8. The Balaban J connectivity index is 1.85. The molecule has 8 nitrogen and oxygen atoms in total. The van der Waals surface area contributed by atoms with Crippen LogP contribution in [-0.2, 0) is 20.9 Å². The molecule has 1 aromatic heterocycles. The molecule has 1 heterocycles. The number of rotatable bonds is 7. The van der Waals surface area contributed by atoms with Crippen molar-refractivity contribution in [2.45, 2.75) is 13.5 Å². The summed E-state index contributed by atoms with van der Waals surface area (Å²) in [5.74, 6) is -1.11. The molecule has 0 radical (unpaired) electrons. The fourth-order valence-corrected chi connectivity index (χ4v) is 2.88. The lowest BCUT2D eigenvalue weighted by Crippen LogP contribution is -2.39. The van der Waals surface area contributed by atoms with Crippen LogP contribution in [0.5, 0.6) is 5.75 Å². The first-order chi connectivity index (χ1) is 14.4. The molecular weight excluding hydrogens is 435 g/mol. The Morgan fingerprint density at radius 1 is 1.10 bits per heavy atom. The van der Waals surface area contributed by atoms with Crippen LogP contribution in [0.25, 0.3) is 11.0 Å². The number of aromatic nitrogens is 2. The largest absolute Gasteiger partial charge is 0.618 e. The Bertz CT molecular complexity index is 1090. The zero-order valence-corrected chi connectivity index (χ0v) is 17.3. The third-order valence-electron chi connectivity index (χ3n) is 3.91. The molecule has 0 atom stereocenters. The number of carbonyl (C=O) groups is 2. The molecule has 0 saturated heterocycles. The van der Waals surface area contributed by atoms with Crippen molar-refractivity contribution in [3.05, 3.63) is 69.1 Å². The van der Waals surface area contributed by atoms with Crippen molar-refractivity contribution in [1.82, 2.24) is 4.98 Å². The molecule has 0 N–H and O–H groups in total. The van der Waals surface area contributed by atoms with E-state index in [0.29, 0.717) is 10.5 Å². The van der Waals surface area contributed by atoms with Crippen molar-refractivity contribution in [1.29, 1.82) is 0 Å². The molecule has 2 aromatic carbocycles. The molecule has 0 spiro atoms. The van der Waals surface area contributed by atoms with Crippen LogP contribution in [0, 0.1) is 5.21 Å². The summed E-state index contributed by atoms with van der Waals surface area (Å²) in [6.45, 7) is 0.843. The molecule has 0 aliphatic heterocycles. The molecule has 0 amide bonds. The molecule has 30 heavy (non-hydrogen) atoms. The lowest BCUT2D eigenvalue weighted by atomic mass is 10.2. The maximum absolute atomic E-state index is 12.8. The van der Waals surface area contributed by atoms with Gasteiger partial charge in [-0.3, -0.25) is 0 Å². The summed E-state index contributed by atoms with van der Waals surface area (Å²) < 4.78 is 15.7. The van der Waals surface area contributed by atoms with Gasteiger partial charge >= 0.3 is 17.6 Å². The molecule has 3 rings (SSSR count).